The number of rotatable bonds is 5. The van der Waals surface area contributed by atoms with Gasteiger partial charge in [0.2, 0.25) is 0 Å². The van der Waals surface area contributed by atoms with Crippen LogP contribution < -0.4 is 5.73 Å². The predicted molar refractivity (Wildman–Crippen MR) is 75.6 cm³/mol. The Morgan fingerprint density at radius 2 is 1.83 bits per heavy atom. The molecule has 0 saturated heterocycles. The van der Waals surface area contributed by atoms with Crippen molar-refractivity contribution in [3.05, 3.63) is 35.4 Å². The highest BCUT2D eigenvalue weighted by Gasteiger charge is 2.30. The summed E-state index contributed by atoms with van der Waals surface area (Å²) in [7, 11) is 1.77. The van der Waals surface area contributed by atoms with E-state index in [2.05, 4.69) is 31.2 Å². The fraction of sp³-hybridized carbons (Fsp3) is 0.625. The van der Waals surface area contributed by atoms with Gasteiger partial charge in [0.05, 0.1) is 6.10 Å². The van der Waals surface area contributed by atoms with E-state index in [1.165, 1.54) is 24.0 Å². The Balaban J connectivity index is 1.97. The average molecular weight is 247 g/mol. The third-order valence-electron chi connectivity index (χ3n) is 4.27. The molecule has 2 heteroatoms. The molecule has 1 saturated carbocycles. The van der Waals surface area contributed by atoms with Crippen molar-refractivity contribution in [2.45, 2.75) is 57.1 Å². The number of aryl methyl sites for hydroxylation is 1. The number of hydrogen-bond donors (Lipinski definition) is 1. The lowest BCUT2D eigenvalue weighted by molar-refractivity contribution is 0.111. The van der Waals surface area contributed by atoms with Gasteiger partial charge in [0.1, 0.15) is 0 Å². The van der Waals surface area contributed by atoms with Crippen LogP contribution in [0.3, 0.4) is 0 Å². The number of hydrogen-bond acceptors (Lipinski definition) is 2. The average Bonchev–Trinajstić information content (AvgIpc) is 2.84. The molecule has 1 fully saturated rings. The summed E-state index contributed by atoms with van der Waals surface area (Å²) in [4.78, 5) is 0. The molecule has 1 aromatic carbocycles. The molecule has 1 unspecified atom stereocenters. The van der Waals surface area contributed by atoms with E-state index >= 15 is 0 Å². The molecular formula is C16H25NO. The van der Waals surface area contributed by atoms with Gasteiger partial charge in [-0.25, -0.2) is 0 Å². The lowest BCUT2D eigenvalue weighted by atomic mass is 9.88. The molecule has 0 spiro atoms. The lowest BCUT2D eigenvalue weighted by Gasteiger charge is -2.24. The highest BCUT2D eigenvalue weighted by atomic mass is 16.5. The Kier molecular flexibility index (Phi) is 4.41. The third-order valence-corrected chi connectivity index (χ3v) is 4.27. The lowest BCUT2D eigenvalue weighted by Crippen LogP contribution is -2.32. The molecule has 1 aliphatic carbocycles. The molecule has 0 bridgehead atoms. The minimum atomic E-state index is -0.0572. The van der Waals surface area contributed by atoms with Gasteiger partial charge in [-0.3, -0.25) is 0 Å². The van der Waals surface area contributed by atoms with Gasteiger partial charge >= 0.3 is 0 Å². The zero-order chi connectivity index (χ0) is 13.0. The van der Waals surface area contributed by atoms with E-state index in [9.17, 15) is 0 Å². The summed E-state index contributed by atoms with van der Waals surface area (Å²) >= 11 is 0. The predicted octanol–water partition coefficient (Wildman–Crippen LogP) is 3.38. The first-order valence-electron chi connectivity index (χ1n) is 7.05. The third kappa shape index (κ3) is 3.12. The second kappa shape index (κ2) is 5.85. The van der Waals surface area contributed by atoms with Crippen LogP contribution in [0, 0.1) is 0 Å². The molecule has 18 heavy (non-hydrogen) atoms. The van der Waals surface area contributed by atoms with Crippen molar-refractivity contribution >= 4 is 0 Å². The van der Waals surface area contributed by atoms with Gasteiger partial charge in [-0.05, 0) is 43.7 Å². The van der Waals surface area contributed by atoms with Crippen LogP contribution >= 0.6 is 0 Å². The van der Waals surface area contributed by atoms with Crippen LogP contribution in [0.2, 0.25) is 0 Å². The molecule has 0 heterocycles. The second-order valence-corrected chi connectivity index (χ2v) is 5.65. The maximum atomic E-state index is 6.45. The summed E-state index contributed by atoms with van der Waals surface area (Å²) in [5.74, 6) is 0. The molecule has 2 nitrogen and oxygen atoms in total. The highest BCUT2D eigenvalue weighted by molar-refractivity contribution is 5.29. The number of ether oxygens (including phenoxy) is 1. The van der Waals surface area contributed by atoms with Crippen LogP contribution in [0.15, 0.2) is 24.3 Å². The first-order chi connectivity index (χ1) is 8.64. The summed E-state index contributed by atoms with van der Waals surface area (Å²) in [6.07, 6.45) is 7.28. The second-order valence-electron chi connectivity index (χ2n) is 5.65. The molecule has 2 rings (SSSR count). The van der Waals surface area contributed by atoms with E-state index in [1.54, 1.807) is 7.11 Å². The zero-order valence-corrected chi connectivity index (χ0v) is 11.6. The van der Waals surface area contributed by atoms with Crippen LogP contribution in [-0.2, 0) is 16.7 Å². The van der Waals surface area contributed by atoms with Gasteiger partial charge in [0.15, 0.2) is 0 Å². The fourth-order valence-corrected chi connectivity index (χ4v) is 2.79. The van der Waals surface area contributed by atoms with Crippen molar-refractivity contribution in [3.8, 4) is 0 Å². The summed E-state index contributed by atoms with van der Waals surface area (Å²) in [5, 5.41) is 0. The van der Waals surface area contributed by atoms with Crippen molar-refractivity contribution in [3.63, 3.8) is 0 Å². The van der Waals surface area contributed by atoms with Crippen molar-refractivity contribution in [2.24, 2.45) is 5.73 Å². The molecule has 0 amide bonds. The summed E-state index contributed by atoms with van der Waals surface area (Å²) in [5.41, 5.74) is 9.08. The van der Waals surface area contributed by atoms with Gasteiger partial charge in [0.25, 0.3) is 0 Å². The molecule has 1 atom stereocenters. The normalized spacial score (nSPS) is 19.9. The molecule has 1 aromatic rings. The molecule has 0 aliphatic heterocycles. The smallest absolute Gasteiger partial charge is 0.0546 e. The van der Waals surface area contributed by atoms with Gasteiger partial charge in [-0.15, -0.1) is 0 Å². The Labute approximate surface area is 111 Å². The van der Waals surface area contributed by atoms with Crippen molar-refractivity contribution in [2.75, 3.05) is 7.11 Å². The molecular weight excluding hydrogens is 222 g/mol. The standard InChI is InChI=1S/C16H25NO/c1-13(18-2)5-6-14-7-9-15(10-8-14)16(17)11-3-4-12-16/h7-10,13H,3-6,11-12,17H2,1-2H3. The number of methoxy groups -OCH3 is 1. The van der Waals surface area contributed by atoms with E-state index in [-0.39, 0.29) is 5.54 Å². The van der Waals surface area contributed by atoms with Gasteiger partial charge in [-0.1, -0.05) is 37.1 Å². The number of benzene rings is 1. The Bertz CT molecular complexity index is 365. The quantitative estimate of drug-likeness (QED) is 0.865. The zero-order valence-electron chi connectivity index (χ0n) is 11.6. The van der Waals surface area contributed by atoms with E-state index in [4.69, 9.17) is 10.5 Å². The number of nitrogens with two attached hydrogens (primary N) is 1. The van der Waals surface area contributed by atoms with Crippen LogP contribution in [0.5, 0.6) is 0 Å². The Morgan fingerprint density at radius 1 is 1.22 bits per heavy atom. The van der Waals surface area contributed by atoms with E-state index < -0.39 is 0 Å². The molecule has 2 N–H and O–H groups in total. The van der Waals surface area contributed by atoms with Crippen molar-refractivity contribution < 1.29 is 4.74 Å². The highest BCUT2D eigenvalue weighted by Crippen LogP contribution is 2.36. The maximum absolute atomic E-state index is 6.45. The largest absolute Gasteiger partial charge is 0.382 e. The first-order valence-corrected chi connectivity index (χ1v) is 7.05. The summed E-state index contributed by atoms with van der Waals surface area (Å²) < 4.78 is 5.27. The summed E-state index contributed by atoms with van der Waals surface area (Å²) in [6.45, 7) is 2.11. The van der Waals surface area contributed by atoms with Crippen LogP contribution in [-0.4, -0.2) is 13.2 Å². The van der Waals surface area contributed by atoms with E-state index in [1.807, 2.05) is 0 Å². The van der Waals surface area contributed by atoms with Gasteiger partial charge in [0, 0.05) is 12.6 Å². The first kappa shape index (κ1) is 13.6. The van der Waals surface area contributed by atoms with Crippen molar-refractivity contribution in [1.82, 2.24) is 0 Å². The molecule has 0 aromatic heterocycles. The summed E-state index contributed by atoms with van der Waals surface area (Å²) in [6, 6.07) is 8.89. The van der Waals surface area contributed by atoms with Crippen molar-refractivity contribution in [1.29, 1.82) is 0 Å². The maximum Gasteiger partial charge on any atom is 0.0546 e. The molecule has 100 valence electrons. The molecule has 0 radical (unpaired) electrons. The van der Waals surface area contributed by atoms with Gasteiger partial charge < -0.3 is 10.5 Å². The van der Waals surface area contributed by atoms with Gasteiger partial charge in [-0.2, -0.15) is 0 Å². The molecule has 1 aliphatic rings. The Morgan fingerprint density at radius 3 is 2.39 bits per heavy atom. The van der Waals surface area contributed by atoms with Crippen LogP contribution in [0.1, 0.15) is 50.2 Å². The minimum absolute atomic E-state index is 0.0572. The minimum Gasteiger partial charge on any atom is -0.382 e. The van der Waals surface area contributed by atoms with E-state index in [0.717, 1.165) is 25.7 Å². The van der Waals surface area contributed by atoms with Crippen LogP contribution in [0.4, 0.5) is 0 Å². The fourth-order valence-electron chi connectivity index (χ4n) is 2.79. The Hall–Kier alpha value is -0.860. The topological polar surface area (TPSA) is 35.2 Å². The monoisotopic (exact) mass is 247 g/mol. The SMILES string of the molecule is COC(C)CCc1ccc(C2(N)CCCC2)cc1. The van der Waals surface area contributed by atoms with Crippen LogP contribution in [0.25, 0.3) is 0 Å². The van der Waals surface area contributed by atoms with E-state index in [0.29, 0.717) is 6.10 Å².